The number of nitrogen functional groups attached to an aromatic ring is 1. The fourth-order valence-corrected chi connectivity index (χ4v) is 0.914. The van der Waals surface area contributed by atoms with Crippen LogP contribution >= 0.6 is 0 Å². The molecule has 0 atom stereocenters. The van der Waals surface area contributed by atoms with Crippen molar-refractivity contribution in [1.29, 1.82) is 0 Å². The van der Waals surface area contributed by atoms with Gasteiger partial charge in [0.15, 0.2) is 0 Å². The molecule has 1 heterocycles. The molecule has 0 aliphatic heterocycles. The normalized spacial score (nSPS) is 11.7. The second-order valence-electron chi connectivity index (χ2n) is 2.58. The number of rotatable bonds is 0. The van der Waals surface area contributed by atoms with Gasteiger partial charge in [-0.15, -0.1) is 0 Å². The Morgan fingerprint density at radius 2 is 1.86 bits per heavy atom. The number of halogens is 3. The SMILES string of the molecule is Cn1c(C(F)(F)F)cc(=O)n(N)c1=O. The molecule has 1 aromatic rings. The first-order valence-electron chi connectivity index (χ1n) is 3.40. The maximum Gasteiger partial charge on any atom is 0.431 e. The molecule has 1 rings (SSSR count). The highest BCUT2D eigenvalue weighted by Crippen LogP contribution is 2.26. The van der Waals surface area contributed by atoms with Crippen molar-refractivity contribution in [2.45, 2.75) is 6.18 Å². The zero-order valence-electron chi connectivity index (χ0n) is 7.00. The van der Waals surface area contributed by atoms with Crippen molar-refractivity contribution < 1.29 is 13.2 Å². The molecule has 1 aromatic heterocycles. The summed E-state index contributed by atoms with van der Waals surface area (Å²) in [5, 5.41) is 0. The van der Waals surface area contributed by atoms with Gasteiger partial charge in [-0.2, -0.15) is 17.8 Å². The smallest absolute Gasteiger partial charge is 0.332 e. The molecule has 0 radical (unpaired) electrons. The van der Waals surface area contributed by atoms with E-state index in [1.54, 1.807) is 0 Å². The molecule has 8 heteroatoms. The van der Waals surface area contributed by atoms with E-state index in [2.05, 4.69) is 0 Å². The summed E-state index contributed by atoms with van der Waals surface area (Å²) in [6.07, 6.45) is -4.75. The van der Waals surface area contributed by atoms with Crippen LogP contribution in [0.2, 0.25) is 0 Å². The van der Waals surface area contributed by atoms with Crippen molar-refractivity contribution in [1.82, 2.24) is 9.24 Å². The minimum absolute atomic E-state index is 0.106. The van der Waals surface area contributed by atoms with Crippen LogP contribution in [0.25, 0.3) is 0 Å². The lowest BCUT2D eigenvalue weighted by Crippen LogP contribution is -2.45. The Labute approximate surface area is 75.2 Å². The van der Waals surface area contributed by atoms with Crippen molar-refractivity contribution >= 4 is 0 Å². The molecule has 0 aliphatic rings. The minimum Gasteiger partial charge on any atom is -0.332 e. The summed E-state index contributed by atoms with van der Waals surface area (Å²) < 4.78 is 36.9. The number of nitrogens with two attached hydrogens (primary N) is 1. The lowest BCUT2D eigenvalue weighted by atomic mass is 10.4. The topological polar surface area (TPSA) is 70.0 Å². The average Bonchev–Trinajstić information content (AvgIpc) is 2.06. The molecule has 5 nitrogen and oxygen atoms in total. The number of aromatic nitrogens is 2. The first-order valence-corrected chi connectivity index (χ1v) is 3.40. The largest absolute Gasteiger partial charge is 0.431 e. The third-order valence-corrected chi connectivity index (χ3v) is 1.64. The van der Waals surface area contributed by atoms with E-state index in [9.17, 15) is 22.8 Å². The summed E-state index contributed by atoms with van der Waals surface area (Å²) in [5.74, 6) is 4.90. The van der Waals surface area contributed by atoms with Crippen molar-refractivity contribution in [3.05, 3.63) is 32.6 Å². The molecule has 0 amide bonds. The third-order valence-electron chi connectivity index (χ3n) is 1.64. The van der Waals surface area contributed by atoms with Crippen molar-refractivity contribution in [2.75, 3.05) is 5.84 Å². The van der Waals surface area contributed by atoms with E-state index in [0.29, 0.717) is 0 Å². The van der Waals surface area contributed by atoms with Crippen LogP contribution in [0.3, 0.4) is 0 Å². The maximum atomic E-state index is 12.2. The van der Waals surface area contributed by atoms with Gasteiger partial charge in [-0.05, 0) is 0 Å². The third kappa shape index (κ3) is 1.50. The Balaban J connectivity index is 3.67. The highest BCUT2D eigenvalue weighted by molar-refractivity contribution is 5.06. The first kappa shape index (κ1) is 10.4. The van der Waals surface area contributed by atoms with E-state index in [1.807, 2.05) is 0 Å². The van der Waals surface area contributed by atoms with E-state index < -0.39 is 23.1 Å². The van der Waals surface area contributed by atoms with Crippen LogP contribution in [0.1, 0.15) is 5.69 Å². The zero-order chi connectivity index (χ0) is 11.1. The van der Waals surface area contributed by atoms with Gasteiger partial charge in [0.05, 0.1) is 0 Å². The Morgan fingerprint density at radius 3 is 2.29 bits per heavy atom. The summed E-state index contributed by atoms with van der Waals surface area (Å²) in [6, 6.07) is 0.265. The lowest BCUT2D eigenvalue weighted by Gasteiger charge is -2.11. The Kier molecular flexibility index (Phi) is 2.14. The molecule has 0 unspecified atom stereocenters. The molecule has 14 heavy (non-hydrogen) atoms. The molecule has 0 saturated heterocycles. The Morgan fingerprint density at radius 1 is 1.36 bits per heavy atom. The number of nitrogens with zero attached hydrogens (tertiary/aromatic N) is 2. The van der Waals surface area contributed by atoms with Gasteiger partial charge < -0.3 is 5.84 Å². The molecule has 0 spiro atoms. The van der Waals surface area contributed by atoms with Crippen LogP contribution in [0.4, 0.5) is 13.2 Å². The van der Waals surface area contributed by atoms with Crippen molar-refractivity contribution in [3.63, 3.8) is 0 Å². The van der Waals surface area contributed by atoms with Gasteiger partial charge in [0.25, 0.3) is 5.56 Å². The van der Waals surface area contributed by atoms with Gasteiger partial charge >= 0.3 is 11.9 Å². The maximum absolute atomic E-state index is 12.2. The van der Waals surface area contributed by atoms with Gasteiger partial charge in [0.2, 0.25) is 0 Å². The lowest BCUT2D eigenvalue weighted by molar-refractivity contribution is -0.144. The molecule has 78 valence electrons. The van der Waals surface area contributed by atoms with Crippen LogP contribution in [0.15, 0.2) is 15.7 Å². The molecule has 2 N–H and O–H groups in total. The van der Waals surface area contributed by atoms with Crippen LogP contribution in [-0.4, -0.2) is 9.24 Å². The van der Waals surface area contributed by atoms with Crippen LogP contribution in [0, 0.1) is 0 Å². The highest BCUT2D eigenvalue weighted by Gasteiger charge is 2.34. The Hall–Kier alpha value is -1.73. The van der Waals surface area contributed by atoms with Crippen LogP contribution < -0.4 is 17.1 Å². The Bertz CT molecular complexity index is 471. The van der Waals surface area contributed by atoms with Crippen molar-refractivity contribution in [2.24, 2.45) is 7.05 Å². The summed E-state index contributed by atoms with van der Waals surface area (Å²) >= 11 is 0. The molecule has 0 aromatic carbocycles. The second-order valence-corrected chi connectivity index (χ2v) is 2.58. The molecule has 0 fully saturated rings. The molecule has 0 bridgehead atoms. The van der Waals surface area contributed by atoms with E-state index in [-0.39, 0.29) is 15.3 Å². The van der Waals surface area contributed by atoms with Crippen LogP contribution in [-0.2, 0) is 13.2 Å². The number of hydrogen-bond donors (Lipinski definition) is 1. The predicted molar refractivity (Wildman–Crippen MR) is 41.1 cm³/mol. The van der Waals surface area contributed by atoms with Gasteiger partial charge in [-0.3, -0.25) is 9.36 Å². The van der Waals surface area contributed by atoms with Crippen LogP contribution in [0.5, 0.6) is 0 Å². The average molecular weight is 209 g/mol. The summed E-state index contributed by atoms with van der Waals surface area (Å²) in [6.45, 7) is 0. The summed E-state index contributed by atoms with van der Waals surface area (Å²) in [7, 11) is 0.883. The molecule has 0 saturated carbocycles. The van der Waals surface area contributed by atoms with Gasteiger partial charge in [-0.1, -0.05) is 0 Å². The molecule has 0 aliphatic carbocycles. The van der Waals surface area contributed by atoms with Gasteiger partial charge in [0, 0.05) is 13.1 Å². The van der Waals surface area contributed by atoms with E-state index in [0.717, 1.165) is 7.05 Å². The van der Waals surface area contributed by atoms with Crippen molar-refractivity contribution in [3.8, 4) is 0 Å². The zero-order valence-corrected chi connectivity index (χ0v) is 7.00. The second kappa shape index (κ2) is 2.89. The fraction of sp³-hybridized carbons (Fsp3) is 0.333. The number of hydrogen-bond acceptors (Lipinski definition) is 3. The summed E-state index contributed by atoms with van der Waals surface area (Å²) in [4.78, 5) is 21.7. The van der Waals surface area contributed by atoms with E-state index in [1.165, 1.54) is 0 Å². The molecular formula is C6H6F3N3O2. The fourth-order valence-electron chi connectivity index (χ4n) is 0.914. The quantitative estimate of drug-likeness (QED) is 0.573. The monoisotopic (exact) mass is 209 g/mol. The van der Waals surface area contributed by atoms with Gasteiger partial charge in [-0.25, -0.2) is 4.79 Å². The highest BCUT2D eigenvalue weighted by atomic mass is 19.4. The van der Waals surface area contributed by atoms with E-state index in [4.69, 9.17) is 5.84 Å². The van der Waals surface area contributed by atoms with E-state index >= 15 is 0 Å². The van der Waals surface area contributed by atoms with Gasteiger partial charge in [0.1, 0.15) is 5.69 Å². The summed E-state index contributed by atoms with van der Waals surface area (Å²) in [5.41, 5.74) is -3.74. The first-order chi connectivity index (χ1) is 6.25. The minimum atomic E-state index is -4.75. The standard InChI is InChI=1S/C6H6F3N3O2/c1-11-3(6(7,8)9)2-4(13)12(10)5(11)14/h2H,10H2,1H3. The predicted octanol–water partition coefficient (Wildman–Crippen LogP) is -0.720. The molecular weight excluding hydrogens is 203 g/mol. The number of alkyl halides is 3.